The first-order valence-electron chi connectivity index (χ1n) is 14.1. The highest BCUT2D eigenvalue weighted by Crippen LogP contribution is 2.11. The van der Waals surface area contributed by atoms with Gasteiger partial charge in [0.05, 0.1) is 13.2 Å². The zero-order chi connectivity index (χ0) is 24.2. The summed E-state index contributed by atoms with van der Waals surface area (Å²) in [4.78, 5) is 11.7. The molecule has 0 saturated heterocycles. The molecular formula is C28H54O4S. The van der Waals surface area contributed by atoms with Gasteiger partial charge in [0.15, 0.2) is 5.05 Å². The van der Waals surface area contributed by atoms with Crippen molar-refractivity contribution in [3.05, 3.63) is 0 Å². The van der Waals surface area contributed by atoms with Crippen molar-refractivity contribution in [3.8, 4) is 0 Å². The summed E-state index contributed by atoms with van der Waals surface area (Å²) >= 11 is 5.16. The molecule has 33 heavy (non-hydrogen) atoms. The summed E-state index contributed by atoms with van der Waals surface area (Å²) in [7, 11) is 0. The predicted molar refractivity (Wildman–Crippen MR) is 144 cm³/mol. The van der Waals surface area contributed by atoms with E-state index in [2.05, 4.69) is 13.8 Å². The van der Waals surface area contributed by atoms with E-state index in [9.17, 15) is 4.79 Å². The molecule has 0 fully saturated rings. The Hall–Kier alpha value is -0.680. The quantitative estimate of drug-likeness (QED) is 0.0694. The Morgan fingerprint density at radius 1 is 0.515 bits per heavy atom. The molecule has 0 aliphatic carbocycles. The molecule has 0 aromatic heterocycles. The molecule has 0 amide bonds. The molecule has 4 nitrogen and oxygen atoms in total. The van der Waals surface area contributed by atoms with E-state index in [-0.39, 0.29) is 19.2 Å². The normalized spacial score (nSPS) is 11.0. The average molecular weight is 487 g/mol. The number of ether oxygens (including phenoxy) is 3. The number of esters is 1. The van der Waals surface area contributed by atoms with Crippen molar-refractivity contribution < 1.29 is 19.0 Å². The van der Waals surface area contributed by atoms with Gasteiger partial charge in [-0.2, -0.15) is 0 Å². The van der Waals surface area contributed by atoms with Gasteiger partial charge in [-0.15, -0.1) is 0 Å². The maximum absolute atomic E-state index is 11.7. The molecule has 0 aliphatic rings. The monoisotopic (exact) mass is 486 g/mol. The van der Waals surface area contributed by atoms with Crippen LogP contribution in [0.1, 0.15) is 142 Å². The van der Waals surface area contributed by atoms with Gasteiger partial charge in [-0.05, 0) is 25.1 Å². The van der Waals surface area contributed by atoms with Crippen LogP contribution in [0.3, 0.4) is 0 Å². The molecule has 0 spiro atoms. The molecular weight excluding hydrogens is 432 g/mol. The number of thiocarbonyl (C=S) groups is 1. The first-order chi connectivity index (χ1) is 16.2. The van der Waals surface area contributed by atoms with E-state index < -0.39 is 0 Å². The van der Waals surface area contributed by atoms with Crippen LogP contribution in [-0.4, -0.2) is 37.4 Å². The second kappa shape index (κ2) is 27.6. The summed E-state index contributed by atoms with van der Waals surface area (Å²) in [6.45, 7) is 5.76. The van der Waals surface area contributed by atoms with E-state index in [1.165, 1.54) is 109 Å². The Balaban J connectivity index is 3.29. The minimum absolute atomic E-state index is 0.0560. The fraction of sp³-hybridized carbons (Fsp3) is 0.929. The number of carbonyl (C=O) groups is 1. The average Bonchev–Trinajstić information content (AvgIpc) is 2.81. The lowest BCUT2D eigenvalue weighted by atomic mass is 10.1. The van der Waals surface area contributed by atoms with Crippen molar-refractivity contribution >= 4 is 23.2 Å². The third-order valence-corrected chi connectivity index (χ3v) is 6.20. The van der Waals surface area contributed by atoms with E-state index in [1.54, 1.807) is 0 Å². The van der Waals surface area contributed by atoms with Crippen molar-refractivity contribution in [3.63, 3.8) is 0 Å². The third kappa shape index (κ3) is 27.4. The van der Waals surface area contributed by atoms with E-state index in [0.717, 1.165) is 19.3 Å². The molecule has 0 aromatic carbocycles. The molecule has 0 aliphatic heterocycles. The highest BCUT2D eigenvalue weighted by Gasteiger charge is 2.05. The van der Waals surface area contributed by atoms with Gasteiger partial charge in [0.1, 0.15) is 13.2 Å². The van der Waals surface area contributed by atoms with Crippen molar-refractivity contribution in [1.82, 2.24) is 0 Å². The number of hydrogen-bond donors (Lipinski definition) is 0. The molecule has 0 heterocycles. The lowest BCUT2D eigenvalue weighted by molar-refractivity contribution is -0.148. The molecule has 0 saturated carbocycles. The van der Waals surface area contributed by atoms with Crippen LogP contribution < -0.4 is 0 Å². The minimum Gasteiger partial charge on any atom is -0.485 e. The van der Waals surface area contributed by atoms with Crippen molar-refractivity contribution in [2.24, 2.45) is 0 Å². The first-order valence-corrected chi connectivity index (χ1v) is 14.5. The maximum Gasteiger partial charge on any atom is 0.332 e. The summed E-state index contributed by atoms with van der Waals surface area (Å²) in [5.41, 5.74) is 0. The summed E-state index contributed by atoms with van der Waals surface area (Å²) in [6.07, 6.45) is 25.7. The van der Waals surface area contributed by atoms with Crippen LogP contribution in [0.25, 0.3) is 0 Å². The summed E-state index contributed by atoms with van der Waals surface area (Å²) in [5, 5.41) is 0.424. The second-order valence-electron chi connectivity index (χ2n) is 9.30. The van der Waals surface area contributed by atoms with E-state index in [1.807, 2.05) is 0 Å². The number of carbonyl (C=O) groups excluding carboxylic acids is 1. The van der Waals surface area contributed by atoms with E-state index in [4.69, 9.17) is 26.4 Å². The van der Waals surface area contributed by atoms with Crippen LogP contribution in [0.4, 0.5) is 0 Å². The smallest absolute Gasteiger partial charge is 0.332 e. The van der Waals surface area contributed by atoms with Gasteiger partial charge in [-0.3, -0.25) is 0 Å². The first kappa shape index (κ1) is 32.3. The highest BCUT2D eigenvalue weighted by molar-refractivity contribution is 7.80. The molecule has 0 radical (unpaired) electrons. The van der Waals surface area contributed by atoms with E-state index >= 15 is 0 Å². The van der Waals surface area contributed by atoms with Crippen LogP contribution in [0.2, 0.25) is 0 Å². The number of rotatable bonds is 26. The molecule has 196 valence electrons. The lowest BCUT2D eigenvalue weighted by Gasteiger charge is -2.09. The molecule has 0 atom stereocenters. The largest absolute Gasteiger partial charge is 0.485 e. The molecule has 0 rings (SSSR count). The summed E-state index contributed by atoms with van der Waals surface area (Å²) < 4.78 is 16.1. The van der Waals surface area contributed by atoms with Crippen LogP contribution in [-0.2, 0) is 19.0 Å². The number of unbranched alkanes of at least 4 members (excludes halogenated alkanes) is 18. The molecule has 0 aromatic rings. The van der Waals surface area contributed by atoms with Gasteiger partial charge >= 0.3 is 5.97 Å². The second-order valence-corrected chi connectivity index (χ2v) is 9.75. The van der Waals surface area contributed by atoms with Crippen LogP contribution in [0.5, 0.6) is 0 Å². The van der Waals surface area contributed by atoms with E-state index in [0.29, 0.717) is 18.3 Å². The van der Waals surface area contributed by atoms with Crippen molar-refractivity contribution in [2.75, 3.05) is 26.4 Å². The van der Waals surface area contributed by atoms with Crippen molar-refractivity contribution in [1.29, 1.82) is 0 Å². The fourth-order valence-electron chi connectivity index (χ4n) is 3.85. The highest BCUT2D eigenvalue weighted by atomic mass is 32.1. The predicted octanol–water partition coefficient (Wildman–Crippen LogP) is 8.73. The Kier molecular flexibility index (Phi) is 27.0. The SMILES string of the molecule is CCCCCCCCCCCCOC(=O)COCC(=S)OCCCCCCCCCCCC. The van der Waals surface area contributed by atoms with Gasteiger partial charge in [0, 0.05) is 0 Å². The van der Waals surface area contributed by atoms with Crippen molar-refractivity contribution in [2.45, 2.75) is 142 Å². The Morgan fingerprint density at radius 2 is 0.879 bits per heavy atom. The fourth-order valence-corrected chi connectivity index (χ4v) is 4.02. The molecule has 0 bridgehead atoms. The van der Waals surface area contributed by atoms with Crippen LogP contribution in [0.15, 0.2) is 0 Å². The van der Waals surface area contributed by atoms with Crippen LogP contribution in [0, 0.1) is 0 Å². The van der Waals surface area contributed by atoms with Gasteiger partial charge < -0.3 is 14.2 Å². The van der Waals surface area contributed by atoms with Gasteiger partial charge in [-0.1, -0.05) is 129 Å². The van der Waals surface area contributed by atoms with Gasteiger partial charge in [-0.25, -0.2) is 4.79 Å². The molecule has 0 N–H and O–H groups in total. The third-order valence-electron chi connectivity index (χ3n) is 5.96. The minimum atomic E-state index is -0.316. The standard InChI is InChI=1S/C28H54O4S/c1-3-5-7-9-11-13-15-17-19-21-23-31-27(29)25-30-26-28(33)32-24-22-20-18-16-14-12-10-8-6-4-2/h3-26H2,1-2H3. The molecule has 0 unspecified atom stereocenters. The topological polar surface area (TPSA) is 44.8 Å². The Bertz CT molecular complexity index is 390. The van der Waals surface area contributed by atoms with Gasteiger partial charge in [0.25, 0.3) is 0 Å². The number of hydrogen-bond acceptors (Lipinski definition) is 5. The Morgan fingerprint density at radius 3 is 1.30 bits per heavy atom. The molecule has 5 heteroatoms. The maximum atomic E-state index is 11.7. The Labute approximate surface area is 210 Å². The summed E-state index contributed by atoms with van der Waals surface area (Å²) in [6, 6.07) is 0. The zero-order valence-electron chi connectivity index (χ0n) is 22.0. The van der Waals surface area contributed by atoms with Gasteiger partial charge in [0.2, 0.25) is 0 Å². The summed E-state index contributed by atoms with van der Waals surface area (Å²) in [5.74, 6) is -0.316. The zero-order valence-corrected chi connectivity index (χ0v) is 22.8. The van der Waals surface area contributed by atoms with Crippen LogP contribution >= 0.6 is 12.2 Å². The lowest BCUT2D eigenvalue weighted by Crippen LogP contribution is -2.18.